The largest absolute Gasteiger partial charge is 0.329 e. The van der Waals surface area contributed by atoms with Crippen LogP contribution >= 0.6 is 0 Å². The van der Waals surface area contributed by atoms with E-state index in [0.717, 1.165) is 4.90 Å². The lowest BCUT2D eigenvalue weighted by atomic mass is 10.0. The quantitative estimate of drug-likeness (QED) is 0.765. The summed E-state index contributed by atoms with van der Waals surface area (Å²) in [5, 5.41) is 5.70. The summed E-state index contributed by atoms with van der Waals surface area (Å²) in [7, 11) is 1.96. The topological polar surface area (TPSA) is 78.5 Å². The molecule has 3 amide bonds. The molecule has 2 N–H and O–H groups in total. The van der Waals surface area contributed by atoms with Crippen molar-refractivity contribution in [3.63, 3.8) is 0 Å². The highest BCUT2D eigenvalue weighted by Gasteiger charge is 2.43. The molecule has 1 fully saturated rings. The van der Waals surface area contributed by atoms with Crippen LogP contribution in [0.4, 0.5) is 0 Å². The first-order valence-electron chi connectivity index (χ1n) is 8.30. The number of nitrogens with zero attached hydrogens (tertiary/aromatic N) is 1. The summed E-state index contributed by atoms with van der Waals surface area (Å²) in [6, 6.07) is 5.88. The lowest BCUT2D eigenvalue weighted by Crippen LogP contribution is -2.51. The molecule has 2 aliphatic heterocycles. The van der Waals surface area contributed by atoms with Crippen LogP contribution in [0.5, 0.6) is 0 Å². The Labute approximate surface area is 148 Å². The normalized spacial score (nSPS) is 20.0. The zero-order chi connectivity index (χ0) is 18.8. The summed E-state index contributed by atoms with van der Waals surface area (Å²) in [5.41, 5.74) is 1.65. The second kappa shape index (κ2) is 7.19. The monoisotopic (exact) mass is 343 g/mol. The maximum Gasteiger partial charge on any atom is 0.262 e. The standard InChI is InChI=1S/C14H12N2O3.C5H13N/c1-8-6-7-11(12(17)15-8)16-13(18)9-4-2-3-5-10(9)14(16)19;1-5(2,3)6-4/h2-5,11H,1,6-7H2,(H,15,17);6H,1-4H3. The van der Waals surface area contributed by atoms with Crippen molar-refractivity contribution in [3.8, 4) is 0 Å². The molecule has 0 aromatic heterocycles. The molecule has 25 heavy (non-hydrogen) atoms. The Morgan fingerprint density at radius 2 is 1.60 bits per heavy atom. The molecule has 1 saturated heterocycles. The van der Waals surface area contributed by atoms with Crippen molar-refractivity contribution in [1.29, 1.82) is 0 Å². The summed E-state index contributed by atoms with van der Waals surface area (Å²) in [6.07, 6.45) is 1.000. The molecule has 6 heteroatoms. The number of piperidine rings is 1. The number of imide groups is 1. The lowest BCUT2D eigenvalue weighted by Gasteiger charge is -2.29. The SMILES string of the molecule is C=C1CCC(N2C(=O)c3ccccc3C2=O)C(=O)N1.CNC(C)(C)C. The van der Waals surface area contributed by atoms with Gasteiger partial charge in [0.25, 0.3) is 11.8 Å². The molecule has 1 unspecified atom stereocenters. The molecular weight excluding hydrogens is 318 g/mol. The van der Waals surface area contributed by atoms with Crippen LogP contribution in [0, 0.1) is 0 Å². The van der Waals surface area contributed by atoms with Crippen molar-refractivity contribution >= 4 is 17.7 Å². The first-order valence-corrected chi connectivity index (χ1v) is 8.30. The molecule has 2 aliphatic rings. The Bertz CT molecular complexity index is 684. The molecule has 1 aromatic rings. The van der Waals surface area contributed by atoms with Crippen molar-refractivity contribution in [2.75, 3.05) is 7.05 Å². The van der Waals surface area contributed by atoms with E-state index in [9.17, 15) is 14.4 Å². The van der Waals surface area contributed by atoms with Gasteiger partial charge in [-0.05, 0) is 52.8 Å². The van der Waals surface area contributed by atoms with Crippen LogP contribution in [-0.4, -0.2) is 41.2 Å². The smallest absolute Gasteiger partial charge is 0.262 e. The van der Waals surface area contributed by atoms with Gasteiger partial charge in [-0.3, -0.25) is 19.3 Å². The molecule has 134 valence electrons. The molecule has 0 aliphatic carbocycles. The van der Waals surface area contributed by atoms with E-state index in [1.54, 1.807) is 24.3 Å². The summed E-state index contributed by atoms with van der Waals surface area (Å²) in [5.74, 6) is -1.13. The van der Waals surface area contributed by atoms with E-state index in [1.165, 1.54) is 0 Å². The minimum absolute atomic E-state index is 0.292. The molecule has 2 heterocycles. The third-order valence-corrected chi connectivity index (χ3v) is 4.21. The highest BCUT2D eigenvalue weighted by molar-refractivity contribution is 6.22. The number of hydrogen-bond donors (Lipinski definition) is 2. The number of nitrogens with one attached hydrogen (secondary N) is 2. The predicted octanol–water partition coefficient (Wildman–Crippen LogP) is 2.08. The highest BCUT2D eigenvalue weighted by Crippen LogP contribution is 2.27. The first kappa shape index (κ1) is 18.9. The van der Waals surface area contributed by atoms with Crippen LogP contribution in [0.25, 0.3) is 0 Å². The molecule has 6 nitrogen and oxygen atoms in total. The average molecular weight is 343 g/mol. The Morgan fingerprint density at radius 3 is 2.00 bits per heavy atom. The van der Waals surface area contributed by atoms with Gasteiger partial charge in [-0.2, -0.15) is 0 Å². The zero-order valence-corrected chi connectivity index (χ0v) is 15.2. The molecule has 0 saturated carbocycles. The van der Waals surface area contributed by atoms with Crippen molar-refractivity contribution in [1.82, 2.24) is 15.5 Å². The number of amides is 3. The van der Waals surface area contributed by atoms with E-state index in [1.807, 2.05) is 7.05 Å². The number of fused-ring (bicyclic) bond motifs is 1. The van der Waals surface area contributed by atoms with E-state index in [0.29, 0.717) is 35.2 Å². The number of hydrogen-bond acceptors (Lipinski definition) is 4. The third-order valence-electron chi connectivity index (χ3n) is 4.21. The van der Waals surface area contributed by atoms with Crippen LogP contribution in [0.3, 0.4) is 0 Å². The fourth-order valence-electron chi connectivity index (χ4n) is 2.50. The average Bonchev–Trinajstić information content (AvgIpc) is 2.80. The Kier molecular flexibility index (Phi) is 5.42. The molecule has 1 aromatic carbocycles. The van der Waals surface area contributed by atoms with Crippen LogP contribution < -0.4 is 10.6 Å². The zero-order valence-electron chi connectivity index (χ0n) is 15.2. The van der Waals surface area contributed by atoms with Crippen molar-refractivity contribution in [2.24, 2.45) is 0 Å². The highest BCUT2D eigenvalue weighted by atomic mass is 16.2. The van der Waals surface area contributed by atoms with E-state index < -0.39 is 17.9 Å². The number of carbonyl (C=O) groups is 3. The molecule has 3 rings (SSSR count). The molecule has 0 radical (unpaired) electrons. The number of allylic oxidation sites excluding steroid dienone is 1. The Morgan fingerprint density at radius 1 is 1.12 bits per heavy atom. The summed E-state index contributed by atoms with van der Waals surface area (Å²) < 4.78 is 0. The fourth-order valence-corrected chi connectivity index (χ4v) is 2.50. The van der Waals surface area contributed by atoms with Crippen molar-refractivity contribution in [2.45, 2.75) is 45.2 Å². The summed E-state index contributed by atoms with van der Waals surface area (Å²) in [4.78, 5) is 37.5. The minimum atomic E-state index is -0.738. The third kappa shape index (κ3) is 4.14. The van der Waals surface area contributed by atoms with Crippen LogP contribution in [0.1, 0.15) is 54.3 Å². The van der Waals surface area contributed by atoms with Gasteiger partial charge in [0.05, 0.1) is 11.1 Å². The predicted molar refractivity (Wildman–Crippen MR) is 96.1 cm³/mol. The van der Waals surface area contributed by atoms with Crippen LogP contribution in [-0.2, 0) is 4.79 Å². The lowest BCUT2D eigenvalue weighted by molar-refractivity contribution is -0.125. The van der Waals surface area contributed by atoms with Gasteiger partial charge in [0.15, 0.2) is 0 Å². The van der Waals surface area contributed by atoms with Gasteiger partial charge in [0.1, 0.15) is 6.04 Å². The van der Waals surface area contributed by atoms with E-state index in [2.05, 4.69) is 38.0 Å². The second-order valence-corrected chi connectivity index (χ2v) is 7.17. The van der Waals surface area contributed by atoms with Crippen molar-refractivity contribution in [3.05, 3.63) is 47.7 Å². The molecule has 1 atom stereocenters. The van der Waals surface area contributed by atoms with Gasteiger partial charge < -0.3 is 10.6 Å². The fraction of sp³-hybridized carbons (Fsp3) is 0.421. The van der Waals surface area contributed by atoms with Gasteiger partial charge in [-0.15, -0.1) is 0 Å². The van der Waals surface area contributed by atoms with Crippen LogP contribution in [0.15, 0.2) is 36.5 Å². The second-order valence-electron chi connectivity index (χ2n) is 7.17. The van der Waals surface area contributed by atoms with Crippen molar-refractivity contribution < 1.29 is 14.4 Å². The van der Waals surface area contributed by atoms with E-state index in [4.69, 9.17) is 0 Å². The maximum atomic E-state index is 12.2. The summed E-state index contributed by atoms with van der Waals surface area (Å²) >= 11 is 0. The number of rotatable bonds is 1. The van der Waals surface area contributed by atoms with E-state index in [-0.39, 0.29) is 5.91 Å². The van der Waals surface area contributed by atoms with Gasteiger partial charge in [0.2, 0.25) is 5.91 Å². The van der Waals surface area contributed by atoms with Crippen LogP contribution in [0.2, 0.25) is 0 Å². The molecule has 0 spiro atoms. The summed E-state index contributed by atoms with van der Waals surface area (Å²) in [6.45, 7) is 10.1. The first-order chi connectivity index (χ1) is 11.7. The van der Waals surface area contributed by atoms with Gasteiger partial charge in [-0.1, -0.05) is 18.7 Å². The minimum Gasteiger partial charge on any atom is -0.329 e. The molecule has 0 bridgehead atoms. The Hall–Kier alpha value is -2.47. The molecular formula is C19H25N3O3. The van der Waals surface area contributed by atoms with Gasteiger partial charge in [-0.25, -0.2) is 0 Å². The maximum absolute atomic E-state index is 12.2. The number of carbonyl (C=O) groups excluding carboxylic acids is 3. The number of benzene rings is 1. The Balaban J connectivity index is 0.000000326. The van der Waals surface area contributed by atoms with Gasteiger partial charge in [0, 0.05) is 11.2 Å². The van der Waals surface area contributed by atoms with E-state index >= 15 is 0 Å². The van der Waals surface area contributed by atoms with Gasteiger partial charge >= 0.3 is 0 Å².